The van der Waals surface area contributed by atoms with Gasteiger partial charge in [-0.2, -0.15) is 0 Å². The van der Waals surface area contributed by atoms with Crippen LogP contribution in [-0.2, 0) is 11.2 Å². The van der Waals surface area contributed by atoms with Crippen LogP contribution in [0.3, 0.4) is 0 Å². The Morgan fingerprint density at radius 1 is 1.00 bits per heavy atom. The fourth-order valence-corrected chi connectivity index (χ4v) is 4.73. The van der Waals surface area contributed by atoms with E-state index in [1.165, 1.54) is 12.1 Å². The number of hydrogen-bond acceptors (Lipinski definition) is 3. The molecule has 0 amide bonds. The predicted molar refractivity (Wildman–Crippen MR) is 150 cm³/mol. The van der Waals surface area contributed by atoms with Crippen molar-refractivity contribution in [2.75, 3.05) is 7.11 Å². The van der Waals surface area contributed by atoms with Crippen molar-refractivity contribution < 1.29 is 19.0 Å². The second-order valence-corrected chi connectivity index (χ2v) is 9.16. The second kappa shape index (κ2) is 12.7. The summed E-state index contributed by atoms with van der Waals surface area (Å²) in [5, 5.41) is 14.9. The van der Waals surface area contributed by atoms with E-state index in [1.807, 2.05) is 42.5 Å². The molecule has 194 valence electrons. The largest absolute Gasteiger partial charge is 0.497 e. The summed E-state index contributed by atoms with van der Waals surface area (Å²) < 4.78 is 20.0. The minimum atomic E-state index is -0.893. The number of nitrogens with one attached hydrogen (secondary N) is 1. The molecule has 0 aromatic heterocycles. The van der Waals surface area contributed by atoms with Gasteiger partial charge in [0.05, 0.1) is 7.11 Å². The van der Waals surface area contributed by atoms with E-state index in [2.05, 4.69) is 43.4 Å². The molecule has 0 saturated heterocycles. The summed E-state index contributed by atoms with van der Waals surface area (Å²) in [6.07, 6.45) is 1.13. The van der Waals surface area contributed by atoms with Crippen LogP contribution in [0.5, 0.6) is 5.75 Å². The number of aryl methyl sites for hydroxylation is 1. The number of halogens is 2. The minimum Gasteiger partial charge on any atom is -0.497 e. The number of carboxylic acid groups (broad SMARTS) is 1. The average Bonchev–Trinajstić information content (AvgIpc) is 2.89. The quantitative estimate of drug-likeness (QED) is 0.223. The molecular formula is C31H33ClFNO3. The summed E-state index contributed by atoms with van der Waals surface area (Å²) in [6.45, 7) is 4.29. The van der Waals surface area contributed by atoms with E-state index < -0.39 is 5.97 Å². The lowest BCUT2D eigenvalue weighted by atomic mass is 9.91. The van der Waals surface area contributed by atoms with Crippen LogP contribution in [0, 0.1) is 5.82 Å². The molecule has 0 saturated carbocycles. The van der Waals surface area contributed by atoms with Gasteiger partial charge in [-0.1, -0.05) is 49.4 Å². The van der Waals surface area contributed by atoms with Gasteiger partial charge in [-0.25, -0.2) is 4.39 Å². The number of rotatable bonds is 10. The first kappa shape index (κ1) is 28.2. The maximum Gasteiger partial charge on any atom is 0.303 e. The molecule has 37 heavy (non-hydrogen) atoms. The SMILES string of the molecule is CCC(N[C@H](C)c1cccc(OC)c1)c1cc(-c2cc(F)cc(CCC(=O)O)c2)c2ccccc2c1.Cl. The van der Waals surface area contributed by atoms with E-state index in [0.29, 0.717) is 5.56 Å². The molecule has 4 aromatic carbocycles. The van der Waals surface area contributed by atoms with Crippen LogP contribution in [0.2, 0.25) is 0 Å². The van der Waals surface area contributed by atoms with Crippen molar-refractivity contribution in [2.45, 2.75) is 45.2 Å². The zero-order chi connectivity index (χ0) is 25.7. The first-order valence-corrected chi connectivity index (χ1v) is 12.3. The molecule has 0 fully saturated rings. The summed E-state index contributed by atoms with van der Waals surface area (Å²) in [7, 11) is 1.67. The third-order valence-electron chi connectivity index (χ3n) is 6.64. The van der Waals surface area contributed by atoms with E-state index in [0.717, 1.165) is 45.2 Å². The number of hydrogen-bond donors (Lipinski definition) is 2. The van der Waals surface area contributed by atoms with Crippen molar-refractivity contribution in [3.63, 3.8) is 0 Å². The smallest absolute Gasteiger partial charge is 0.303 e. The zero-order valence-electron chi connectivity index (χ0n) is 21.3. The highest BCUT2D eigenvalue weighted by Gasteiger charge is 2.17. The maximum absolute atomic E-state index is 14.6. The van der Waals surface area contributed by atoms with Crippen molar-refractivity contribution >= 4 is 29.1 Å². The Balaban J connectivity index is 0.00000380. The lowest BCUT2D eigenvalue weighted by molar-refractivity contribution is -0.136. The van der Waals surface area contributed by atoms with Crippen LogP contribution in [0.1, 0.15) is 55.5 Å². The Morgan fingerprint density at radius 3 is 2.51 bits per heavy atom. The highest BCUT2D eigenvalue weighted by atomic mass is 35.5. The molecule has 0 bridgehead atoms. The van der Waals surface area contributed by atoms with E-state index in [1.54, 1.807) is 7.11 Å². The van der Waals surface area contributed by atoms with Gasteiger partial charge in [-0.3, -0.25) is 4.79 Å². The van der Waals surface area contributed by atoms with Crippen molar-refractivity contribution in [3.8, 4) is 16.9 Å². The Bertz CT molecular complexity index is 1370. The highest BCUT2D eigenvalue weighted by Crippen LogP contribution is 2.35. The van der Waals surface area contributed by atoms with Crippen LogP contribution < -0.4 is 10.1 Å². The minimum absolute atomic E-state index is 0. The molecule has 0 aliphatic heterocycles. The first-order valence-electron chi connectivity index (χ1n) is 12.3. The predicted octanol–water partition coefficient (Wildman–Crippen LogP) is 7.90. The molecule has 1 unspecified atom stereocenters. The topological polar surface area (TPSA) is 58.6 Å². The number of benzene rings is 4. The second-order valence-electron chi connectivity index (χ2n) is 9.16. The average molecular weight is 522 g/mol. The van der Waals surface area contributed by atoms with E-state index in [9.17, 15) is 9.18 Å². The molecule has 6 heteroatoms. The number of ether oxygens (including phenoxy) is 1. The Kier molecular flexibility index (Phi) is 9.67. The molecule has 4 nitrogen and oxygen atoms in total. The molecule has 4 aromatic rings. The number of carboxylic acids is 1. The van der Waals surface area contributed by atoms with Crippen LogP contribution >= 0.6 is 12.4 Å². The summed E-state index contributed by atoms with van der Waals surface area (Å²) in [6, 6.07) is 25.5. The highest BCUT2D eigenvalue weighted by molar-refractivity contribution is 5.97. The van der Waals surface area contributed by atoms with E-state index in [4.69, 9.17) is 9.84 Å². The fourth-order valence-electron chi connectivity index (χ4n) is 4.73. The summed E-state index contributed by atoms with van der Waals surface area (Å²) in [4.78, 5) is 11.1. The van der Waals surface area contributed by atoms with E-state index >= 15 is 0 Å². The van der Waals surface area contributed by atoms with Gasteiger partial charge in [0, 0.05) is 18.5 Å². The van der Waals surface area contributed by atoms with Gasteiger partial charge in [-0.05, 0) is 94.8 Å². The molecule has 2 atom stereocenters. The summed E-state index contributed by atoms with van der Waals surface area (Å²) in [5.41, 5.74) is 4.63. The zero-order valence-corrected chi connectivity index (χ0v) is 22.1. The van der Waals surface area contributed by atoms with Crippen molar-refractivity contribution in [3.05, 3.63) is 101 Å². The monoisotopic (exact) mass is 521 g/mol. The van der Waals surface area contributed by atoms with Gasteiger partial charge in [0.1, 0.15) is 11.6 Å². The first-order chi connectivity index (χ1) is 17.4. The van der Waals surface area contributed by atoms with E-state index in [-0.39, 0.29) is 43.1 Å². The molecule has 0 spiro atoms. The number of aliphatic carboxylic acids is 1. The standard InChI is InChI=1S/C31H32FNO3.ClH/c1-4-30(33-20(2)22-9-7-10-27(18-22)36-3)25-16-23-8-5-6-11-28(23)29(19-25)24-14-21(12-13-31(34)35)15-26(32)17-24;/h5-11,14-20,30,33H,4,12-13H2,1-3H3,(H,34,35);1H/t20-,30?;/m1./s1. The maximum atomic E-state index is 14.6. The van der Waals surface area contributed by atoms with Gasteiger partial charge in [0.2, 0.25) is 0 Å². The van der Waals surface area contributed by atoms with Crippen molar-refractivity contribution in [1.82, 2.24) is 5.32 Å². The van der Waals surface area contributed by atoms with Gasteiger partial charge in [0.25, 0.3) is 0 Å². The van der Waals surface area contributed by atoms with Crippen LogP contribution in [0.15, 0.2) is 78.9 Å². The normalized spacial score (nSPS) is 12.5. The van der Waals surface area contributed by atoms with Gasteiger partial charge in [0.15, 0.2) is 0 Å². The van der Waals surface area contributed by atoms with Gasteiger partial charge >= 0.3 is 5.97 Å². The summed E-state index contributed by atoms with van der Waals surface area (Å²) in [5.74, 6) is -0.429. The van der Waals surface area contributed by atoms with Crippen LogP contribution in [0.4, 0.5) is 4.39 Å². The summed E-state index contributed by atoms with van der Waals surface area (Å²) >= 11 is 0. The molecule has 2 N–H and O–H groups in total. The van der Waals surface area contributed by atoms with Crippen LogP contribution in [0.25, 0.3) is 21.9 Å². The number of carbonyl (C=O) groups is 1. The Morgan fingerprint density at radius 2 is 1.78 bits per heavy atom. The van der Waals surface area contributed by atoms with Gasteiger partial charge in [-0.15, -0.1) is 12.4 Å². The fraction of sp³-hybridized carbons (Fsp3) is 0.258. The molecular weight excluding hydrogens is 489 g/mol. The van der Waals surface area contributed by atoms with Crippen LogP contribution in [-0.4, -0.2) is 18.2 Å². The third-order valence-corrected chi connectivity index (χ3v) is 6.64. The Labute approximate surface area is 223 Å². The molecule has 0 heterocycles. The molecule has 0 aliphatic carbocycles. The number of fused-ring (bicyclic) bond motifs is 1. The Hall–Kier alpha value is -3.41. The number of methoxy groups -OCH3 is 1. The molecule has 0 radical (unpaired) electrons. The molecule has 4 rings (SSSR count). The van der Waals surface area contributed by atoms with Gasteiger partial charge < -0.3 is 15.2 Å². The lowest BCUT2D eigenvalue weighted by Gasteiger charge is -2.25. The lowest BCUT2D eigenvalue weighted by Crippen LogP contribution is -2.24. The third kappa shape index (κ3) is 6.88. The molecule has 0 aliphatic rings. The van der Waals surface area contributed by atoms with Crippen molar-refractivity contribution in [1.29, 1.82) is 0 Å². The van der Waals surface area contributed by atoms with Crippen molar-refractivity contribution in [2.24, 2.45) is 0 Å².